The van der Waals surface area contributed by atoms with E-state index in [0.717, 1.165) is 39.1 Å². The van der Waals surface area contributed by atoms with E-state index in [4.69, 9.17) is 9.97 Å². The summed E-state index contributed by atoms with van der Waals surface area (Å²) in [6.45, 7) is 0. The lowest BCUT2D eigenvalue weighted by molar-refractivity contribution is 1.08. The zero-order valence-electron chi connectivity index (χ0n) is 28.1. The van der Waals surface area contributed by atoms with Gasteiger partial charge < -0.3 is 4.57 Å². The molecule has 0 spiro atoms. The lowest BCUT2D eigenvalue weighted by atomic mass is 10.0. The van der Waals surface area contributed by atoms with Gasteiger partial charge in [-0.1, -0.05) is 140 Å². The van der Waals surface area contributed by atoms with Crippen LogP contribution in [0.25, 0.3) is 99.3 Å². The summed E-state index contributed by atoms with van der Waals surface area (Å²) in [7, 11) is 0. The van der Waals surface area contributed by atoms with Gasteiger partial charge in [-0.25, -0.2) is 9.97 Å². The van der Waals surface area contributed by atoms with Gasteiger partial charge in [-0.05, 0) is 59.0 Å². The molecule has 8 aromatic carbocycles. The van der Waals surface area contributed by atoms with Gasteiger partial charge in [-0.15, -0.1) is 0 Å². The fraction of sp³-hybridized carbons (Fsp3) is 0. The molecule has 0 fully saturated rings. The number of aromatic nitrogens is 4. The van der Waals surface area contributed by atoms with E-state index < -0.39 is 0 Å². The van der Waals surface area contributed by atoms with E-state index in [2.05, 4.69) is 173 Å². The third-order valence-electron chi connectivity index (χ3n) is 10.5. The highest BCUT2D eigenvalue weighted by Gasteiger charge is 2.22. The molecule has 0 amide bonds. The van der Waals surface area contributed by atoms with Crippen molar-refractivity contribution in [2.45, 2.75) is 0 Å². The van der Waals surface area contributed by atoms with Gasteiger partial charge in [0.2, 0.25) is 0 Å². The van der Waals surface area contributed by atoms with Crippen LogP contribution in [0.1, 0.15) is 0 Å². The van der Waals surface area contributed by atoms with Crippen LogP contribution in [0.15, 0.2) is 182 Å². The maximum Gasteiger partial charge on any atom is 0.165 e. The summed E-state index contributed by atoms with van der Waals surface area (Å²) in [4.78, 5) is 10.7. The Bertz CT molecular complexity index is 3160. The maximum atomic E-state index is 5.40. The molecule has 0 saturated heterocycles. The highest BCUT2D eigenvalue weighted by Crippen LogP contribution is 2.41. The van der Waals surface area contributed by atoms with E-state index in [0.29, 0.717) is 0 Å². The zero-order chi connectivity index (χ0) is 34.2. The molecule has 11 aromatic rings. The van der Waals surface area contributed by atoms with Crippen molar-refractivity contribution in [1.82, 2.24) is 19.1 Å². The quantitative estimate of drug-likeness (QED) is 0.188. The van der Waals surface area contributed by atoms with Crippen molar-refractivity contribution >= 4 is 65.4 Å². The molecule has 3 aromatic heterocycles. The Morgan fingerprint density at radius 3 is 1.58 bits per heavy atom. The third kappa shape index (κ3) is 4.28. The standard InChI is InChI=1S/C48H30N4/c1-2-13-31(14-3-1)32-25-27-34(28-26-32)47-48(50-41-21-9-8-20-40(41)49-47)52-44-23-11-7-19-37(44)39-29-45-38(30-46(39)52)36-18-6-10-22-43(36)51(45)42-24-12-16-33-15-4-5-17-35(33)42/h1-30H. The molecule has 0 N–H and O–H groups in total. The monoisotopic (exact) mass is 662 g/mol. The number of hydrogen-bond donors (Lipinski definition) is 0. The van der Waals surface area contributed by atoms with Gasteiger partial charge in [0, 0.05) is 32.5 Å². The fourth-order valence-corrected chi connectivity index (χ4v) is 8.11. The molecule has 0 aliphatic rings. The van der Waals surface area contributed by atoms with Crippen LogP contribution in [0, 0.1) is 0 Å². The van der Waals surface area contributed by atoms with E-state index in [1.165, 1.54) is 60.2 Å². The highest BCUT2D eigenvalue weighted by atomic mass is 15.1. The van der Waals surface area contributed by atoms with E-state index in [1.807, 2.05) is 18.2 Å². The first-order valence-corrected chi connectivity index (χ1v) is 17.7. The van der Waals surface area contributed by atoms with Crippen LogP contribution in [0.4, 0.5) is 0 Å². The summed E-state index contributed by atoms with van der Waals surface area (Å²) in [5, 5.41) is 7.21. The Morgan fingerprint density at radius 2 is 0.846 bits per heavy atom. The smallest absolute Gasteiger partial charge is 0.165 e. The number of para-hydroxylation sites is 4. The van der Waals surface area contributed by atoms with Crippen LogP contribution in [-0.2, 0) is 0 Å². The van der Waals surface area contributed by atoms with Crippen LogP contribution < -0.4 is 0 Å². The van der Waals surface area contributed by atoms with Gasteiger partial charge in [-0.3, -0.25) is 4.57 Å². The molecule has 0 aliphatic heterocycles. The Kier molecular flexibility index (Phi) is 6.22. The number of nitrogens with zero attached hydrogens (tertiary/aromatic N) is 4. The molecule has 4 nitrogen and oxygen atoms in total. The lowest BCUT2D eigenvalue weighted by Gasteiger charge is -2.14. The van der Waals surface area contributed by atoms with Crippen molar-refractivity contribution in [3.8, 4) is 33.9 Å². The Morgan fingerprint density at radius 1 is 0.327 bits per heavy atom. The van der Waals surface area contributed by atoms with Crippen LogP contribution in [0.5, 0.6) is 0 Å². The van der Waals surface area contributed by atoms with Crippen LogP contribution in [0.3, 0.4) is 0 Å². The Balaban J connectivity index is 1.23. The number of hydrogen-bond acceptors (Lipinski definition) is 2. The first-order valence-electron chi connectivity index (χ1n) is 17.7. The molecule has 0 saturated carbocycles. The second-order valence-corrected chi connectivity index (χ2v) is 13.4. The minimum Gasteiger partial charge on any atom is -0.309 e. The van der Waals surface area contributed by atoms with Gasteiger partial charge in [0.1, 0.15) is 5.69 Å². The van der Waals surface area contributed by atoms with Gasteiger partial charge >= 0.3 is 0 Å². The fourth-order valence-electron chi connectivity index (χ4n) is 8.11. The summed E-state index contributed by atoms with van der Waals surface area (Å²) >= 11 is 0. The minimum atomic E-state index is 0.814. The normalized spacial score (nSPS) is 11.8. The number of rotatable bonds is 4. The van der Waals surface area contributed by atoms with Gasteiger partial charge in [0.05, 0.1) is 38.8 Å². The van der Waals surface area contributed by atoms with E-state index in [1.54, 1.807) is 0 Å². The zero-order valence-corrected chi connectivity index (χ0v) is 28.1. The molecule has 0 aliphatic carbocycles. The summed E-state index contributed by atoms with van der Waals surface area (Å²) < 4.78 is 4.77. The minimum absolute atomic E-state index is 0.814. The molecule has 0 unspecified atom stereocenters. The molecular weight excluding hydrogens is 633 g/mol. The van der Waals surface area contributed by atoms with Crippen molar-refractivity contribution in [3.05, 3.63) is 182 Å². The SMILES string of the molecule is c1ccc(-c2ccc(-c3nc4ccccc4nc3-n3c4ccccc4c4cc5c(cc43)c3ccccc3n5-c3cccc4ccccc34)cc2)cc1. The summed E-state index contributed by atoms with van der Waals surface area (Å²) in [5.41, 5.74) is 11.7. The van der Waals surface area contributed by atoms with E-state index in [9.17, 15) is 0 Å². The van der Waals surface area contributed by atoms with E-state index >= 15 is 0 Å². The van der Waals surface area contributed by atoms with Gasteiger partial charge in [-0.2, -0.15) is 0 Å². The first-order chi connectivity index (χ1) is 25.8. The van der Waals surface area contributed by atoms with E-state index in [-0.39, 0.29) is 0 Å². The topological polar surface area (TPSA) is 35.6 Å². The Hall–Kier alpha value is -7.04. The first kappa shape index (κ1) is 28.8. The number of benzene rings is 8. The predicted octanol–water partition coefficient (Wildman–Crippen LogP) is 12.3. The van der Waals surface area contributed by atoms with Gasteiger partial charge in [0.15, 0.2) is 5.82 Å². The second kappa shape index (κ2) is 11.2. The molecule has 4 heteroatoms. The molecule has 0 radical (unpaired) electrons. The molecule has 52 heavy (non-hydrogen) atoms. The molecule has 0 bridgehead atoms. The molecular formula is C48H30N4. The predicted molar refractivity (Wildman–Crippen MR) is 217 cm³/mol. The Labute approximate surface area is 299 Å². The largest absolute Gasteiger partial charge is 0.309 e. The average Bonchev–Trinajstić information content (AvgIpc) is 3.71. The average molecular weight is 663 g/mol. The van der Waals surface area contributed by atoms with Crippen molar-refractivity contribution in [3.63, 3.8) is 0 Å². The van der Waals surface area contributed by atoms with Crippen molar-refractivity contribution in [2.75, 3.05) is 0 Å². The van der Waals surface area contributed by atoms with Crippen LogP contribution in [0.2, 0.25) is 0 Å². The maximum absolute atomic E-state index is 5.40. The molecule has 242 valence electrons. The molecule has 3 heterocycles. The summed E-state index contributed by atoms with van der Waals surface area (Å²) in [6.07, 6.45) is 0. The van der Waals surface area contributed by atoms with Crippen LogP contribution in [-0.4, -0.2) is 19.1 Å². The van der Waals surface area contributed by atoms with Crippen molar-refractivity contribution in [2.24, 2.45) is 0 Å². The highest BCUT2D eigenvalue weighted by molar-refractivity contribution is 6.19. The van der Waals surface area contributed by atoms with Crippen LogP contribution >= 0.6 is 0 Å². The lowest BCUT2D eigenvalue weighted by Crippen LogP contribution is -2.03. The number of fused-ring (bicyclic) bond motifs is 8. The summed E-state index contributed by atoms with van der Waals surface area (Å²) in [6, 6.07) is 64.8. The molecule has 11 rings (SSSR count). The molecule has 0 atom stereocenters. The van der Waals surface area contributed by atoms with Gasteiger partial charge in [0.25, 0.3) is 0 Å². The third-order valence-corrected chi connectivity index (χ3v) is 10.5. The summed E-state index contributed by atoms with van der Waals surface area (Å²) in [5.74, 6) is 0.814. The van der Waals surface area contributed by atoms with Crippen molar-refractivity contribution in [1.29, 1.82) is 0 Å². The van der Waals surface area contributed by atoms with Crippen molar-refractivity contribution < 1.29 is 0 Å². The second-order valence-electron chi connectivity index (χ2n) is 13.4.